The molecule has 0 aromatic rings. The van der Waals surface area contributed by atoms with Gasteiger partial charge < -0.3 is 5.73 Å². The van der Waals surface area contributed by atoms with Gasteiger partial charge in [-0.05, 0) is 32.1 Å². The Morgan fingerprint density at radius 3 is 2.28 bits per heavy atom. The minimum absolute atomic E-state index is 0.218. The predicted molar refractivity (Wildman–Crippen MR) is 75.8 cm³/mol. The van der Waals surface area contributed by atoms with Crippen LogP contribution in [-0.4, -0.2) is 25.8 Å². The van der Waals surface area contributed by atoms with Crippen LogP contribution in [0.2, 0.25) is 0 Å². The van der Waals surface area contributed by atoms with E-state index in [1.54, 1.807) is 0 Å². The summed E-state index contributed by atoms with van der Waals surface area (Å²) in [5.74, 6) is 0.424. The third kappa shape index (κ3) is 4.52. The van der Waals surface area contributed by atoms with Crippen LogP contribution in [0, 0.1) is 5.92 Å². The Labute approximate surface area is 112 Å². The Morgan fingerprint density at radius 2 is 1.83 bits per heavy atom. The lowest BCUT2D eigenvalue weighted by atomic mass is 9.92. The van der Waals surface area contributed by atoms with Crippen molar-refractivity contribution in [3.05, 3.63) is 0 Å². The molecule has 0 bridgehead atoms. The predicted octanol–water partition coefficient (Wildman–Crippen LogP) is 2.00. The molecule has 0 aliphatic heterocycles. The molecule has 0 aromatic carbocycles. The monoisotopic (exact) mass is 276 g/mol. The summed E-state index contributed by atoms with van der Waals surface area (Å²) in [4.78, 5) is 0. The largest absolute Gasteiger partial charge is 0.329 e. The standard InChI is InChI=1S/C13H28N2O2S/c1-11(2)9-13(3,10-14)15-18(16,17)12-7-5-4-6-8-12/h11-12,15H,4-10,14H2,1-3H3. The molecule has 1 aliphatic rings. The van der Waals surface area contributed by atoms with E-state index in [9.17, 15) is 8.42 Å². The summed E-state index contributed by atoms with van der Waals surface area (Å²) in [6.07, 6.45) is 5.56. The molecule has 1 unspecified atom stereocenters. The Hall–Kier alpha value is -0.130. The zero-order valence-corrected chi connectivity index (χ0v) is 12.7. The molecule has 1 fully saturated rings. The number of rotatable bonds is 6. The smallest absolute Gasteiger partial charge is 0.215 e. The molecule has 0 spiro atoms. The van der Waals surface area contributed by atoms with Crippen molar-refractivity contribution in [2.45, 2.75) is 70.1 Å². The first kappa shape index (κ1) is 15.9. The van der Waals surface area contributed by atoms with E-state index in [0.29, 0.717) is 12.5 Å². The van der Waals surface area contributed by atoms with E-state index in [1.807, 2.05) is 6.92 Å². The van der Waals surface area contributed by atoms with E-state index in [-0.39, 0.29) is 5.25 Å². The van der Waals surface area contributed by atoms with Crippen LogP contribution in [0.3, 0.4) is 0 Å². The zero-order valence-electron chi connectivity index (χ0n) is 11.9. The highest BCUT2D eigenvalue weighted by Crippen LogP contribution is 2.25. The van der Waals surface area contributed by atoms with E-state index in [4.69, 9.17) is 5.73 Å². The van der Waals surface area contributed by atoms with Crippen molar-refractivity contribution in [3.63, 3.8) is 0 Å². The van der Waals surface area contributed by atoms with Gasteiger partial charge >= 0.3 is 0 Å². The van der Waals surface area contributed by atoms with Crippen LogP contribution >= 0.6 is 0 Å². The van der Waals surface area contributed by atoms with Gasteiger partial charge in [0.05, 0.1) is 5.25 Å². The molecule has 0 amide bonds. The lowest BCUT2D eigenvalue weighted by molar-refractivity contribution is 0.340. The molecule has 0 heterocycles. The first-order valence-corrected chi connectivity index (χ1v) is 8.56. The molecule has 4 nitrogen and oxygen atoms in total. The lowest BCUT2D eigenvalue weighted by Gasteiger charge is -2.33. The maximum Gasteiger partial charge on any atom is 0.215 e. The maximum absolute atomic E-state index is 12.4. The molecule has 3 N–H and O–H groups in total. The molecule has 5 heteroatoms. The Bertz CT molecular complexity index is 348. The van der Waals surface area contributed by atoms with Crippen LogP contribution < -0.4 is 10.5 Å². The summed E-state index contributed by atoms with van der Waals surface area (Å²) in [5, 5.41) is -0.218. The van der Waals surface area contributed by atoms with Gasteiger partial charge in [0, 0.05) is 12.1 Å². The van der Waals surface area contributed by atoms with Gasteiger partial charge in [-0.1, -0.05) is 33.1 Å². The zero-order chi connectivity index (χ0) is 13.8. The molecule has 1 aliphatic carbocycles. The van der Waals surface area contributed by atoms with Crippen LogP contribution in [0.4, 0.5) is 0 Å². The summed E-state index contributed by atoms with van der Waals surface area (Å²) < 4.78 is 27.6. The molecule has 0 saturated heterocycles. The van der Waals surface area contributed by atoms with Gasteiger partial charge in [-0.2, -0.15) is 0 Å². The highest BCUT2D eigenvalue weighted by molar-refractivity contribution is 7.90. The van der Waals surface area contributed by atoms with E-state index >= 15 is 0 Å². The molecule has 0 aromatic heterocycles. The average molecular weight is 276 g/mol. The maximum atomic E-state index is 12.4. The fourth-order valence-corrected chi connectivity index (χ4v) is 4.84. The lowest BCUT2D eigenvalue weighted by Crippen LogP contribution is -2.54. The third-order valence-corrected chi connectivity index (χ3v) is 5.82. The second-order valence-electron chi connectivity index (χ2n) is 6.27. The highest BCUT2D eigenvalue weighted by Gasteiger charge is 2.34. The van der Waals surface area contributed by atoms with E-state index in [0.717, 1.165) is 38.5 Å². The summed E-state index contributed by atoms with van der Waals surface area (Å²) in [6.45, 7) is 6.43. The second kappa shape index (κ2) is 6.35. The Morgan fingerprint density at radius 1 is 1.28 bits per heavy atom. The van der Waals surface area contributed by atoms with E-state index in [2.05, 4.69) is 18.6 Å². The fourth-order valence-electron chi connectivity index (χ4n) is 2.87. The van der Waals surface area contributed by atoms with Crippen molar-refractivity contribution in [1.82, 2.24) is 4.72 Å². The Balaban J connectivity index is 2.72. The van der Waals surface area contributed by atoms with Gasteiger partial charge in [-0.25, -0.2) is 13.1 Å². The van der Waals surface area contributed by atoms with Gasteiger partial charge in [0.1, 0.15) is 0 Å². The average Bonchev–Trinajstić information content (AvgIpc) is 2.28. The van der Waals surface area contributed by atoms with Crippen molar-refractivity contribution >= 4 is 10.0 Å². The highest BCUT2D eigenvalue weighted by atomic mass is 32.2. The van der Waals surface area contributed by atoms with Gasteiger partial charge in [0.15, 0.2) is 0 Å². The first-order valence-electron chi connectivity index (χ1n) is 7.02. The molecular weight excluding hydrogens is 248 g/mol. The van der Waals surface area contributed by atoms with Crippen molar-refractivity contribution in [3.8, 4) is 0 Å². The van der Waals surface area contributed by atoms with Gasteiger partial charge in [-0.15, -0.1) is 0 Å². The van der Waals surface area contributed by atoms with E-state index in [1.165, 1.54) is 0 Å². The van der Waals surface area contributed by atoms with Gasteiger partial charge in [0.2, 0.25) is 10.0 Å². The van der Waals surface area contributed by atoms with Crippen molar-refractivity contribution in [1.29, 1.82) is 0 Å². The molecule has 1 saturated carbocycles. The normalized spacial score (nSPS) is 22.1. The third-order valence-electron chi connectivity index (χ3n) is 3.69. The van der Waals surface area contributed by atoms with E-state index < -0.39 is 15.6 Å². The SMILES string of the molecule is CC(C)CC(C)(CN)NS(=O)(=O)C1CCCCC1. The second-order valence-corrected chi connectivity index (χ2v) is 8.23. The van der Waals surface area contributed by atoms with Crippen LogP contribution in [0.1, 0.15) is 59.3 Å². The molecule has 0 radical (unpaired) electrons. The first-order chi connectivity index (χ1) is 8.29. The summed E-state index contributed by atoms with van der Waals surface area (Å²) >= 11 is 0. The van der Waals surface area contributed by atoms with Crippen molar-refractivity contribution < 1.29 is 8.42 Å². The number of nitrogens with two attached hydrogens (primary N) is 1. The Kier molecular flexibility index (Phi) is 5.62. The summed E-state index contributed by atoms with van der Waals surface area (Å²) in [6, 6.07) is 0. The minimum Gasteiger partial charge on any atom is -0.329 e. The van der Waals surface area contributed by atoms with Crippen LogP contribution in [0.5, 0.6) is 0 Å². The van der Waals surface area contributed by atoms with Crippen LogP contribution in [-0.2, 0) is 10.0 Å². The van der Waals surface area contributed by atoms with Crippen LogP contribution in [0.25, 0.3) is 0 Å². The topological polar surface area (TPSA) is 72.2 Å². The fraction of sp³-hybridized carbons (Fsp3) is 1.00. The quantitative estimate of drug-likeness (QED) is 0.779. The number of hydrogen-bond donors (Lipinski definition) is 2. The molecule has 108 valence electrons. The van der Waals surface area contributed by atoms with Crippen LogP contribution in [0.15, 0.2) is 0 Å². The van der Waals surface area contributed by atoms with Gasteiger partial charge in [-0.3, -0.25) is 0 Å². The summed E-state index contributed by atoms with van der Waals surface area (Å²) in [7, 11) is -3.23. The molecule has 1 rings (SSSR count). The van der Waals surface area contributed by atoms with Crippen molar-refractivity contribution in [2.24, 2.45) is 11.7 Å². The number of sulfonamides is 1. The number of hydrogen-bond acceptors (Lipinski definition) is 3. The molecular formula is C13H28N2O2S. The van der Waals surface area contributed by atoms with Gasteiger partial charge in [0.25, 0.3) is 0 Å². The minimum atomic E-state index is -3.23. The summed E-state index contributed by atoms with van der Waals surface area (Å²) in [5.41, 5.74) is 5.26. The number of nitrogens with one attached hydrogen (secondary N) is 1. The molecule has 1 atom stereocenters. The molecule has 18 heavy (non-hydrogen) atoms. The van der Waals surface area contributed by atoms with Crippen molar-refractivity contribution in [2.75, 3.05) is 6.54 Å².